The van der Waals surface area contributed by atoms with E-state index < -0.39 is 0 Å². The summed E-state index contributed by atoms with van der Waals surface area (Å²) in [5.41, 5.74) is 1.74. The molecule has 90 valence electrons. The minimum Gasteiger partial charge on any atom is -0.312 e. The summed E-state index contributed by atoms with van der Waals surface area (Å²) >= 11 is 1.91. The fourth-order valence-corrected chi connectivity index (χ4v) is 2.57. The Labute approximate surface area is 102 Å². The van der Waals surface area contributed by atoms with Gasteiger partial charge in [0.1, 0.15) is 5.82 Å². The number of benzene rings is 1. The number of halogens is 1. The fraction of sp³-hybridized carbons (Fsp3) is 0.538. The molecule has 0 aliphatic rings. The number of nitrogens with one attached hydrogen (secondary N) is 1. The van der Waals surface area contributed by atoms with Crippen LogP contribution in [-0.4, -0.2) is 18.6 Å². The highest BCUT2D eigenvalue weighted by Gasteiger charge is 2.10. The summed E-state index contributed by atoms with van der Waals surface area (Å²) in [6, 6.07) is 5.74. The predicted octanol–water partition coefficient (Wildman–Crippen LogP) is 3.54. The van der Waals surface area contributed by atoms with Gasteiger partial charge in [0.25, 0.3) is 0 Å². The lowest BCUT2D eigenvalue weighted by Crippen LogP contribution is -2.19. The molecule has 0 spiro atoms. The van der Waals surface area contributed by atoms with Crippen molar-refractivity contribution in [1.29, 1.82) is 0 Å². The number of thioether (sulfide) groups is 1. The molecule has 0 aliphatic heterocycles. The van der Waals surface area contributed by atoms with Gasteiger partial charge in [-0.3, -0.25) is 0 Å². The summed E-state index contributed by atoms with van der Waals surface area (Å²) in [6.45, 7) is 3.96. The van der Waals surface area contributed by atoms with E-state index in [2.05, 4.69) is 12.2 Å². The van der Waals surface area contributed by atoms with Crippen LogP contribution in [0.2, 0.25) is 0 Å². The topological polar surface area (TPSA) is 12.0 Å². The number of aryl methyl sites for hydroxylation is 1. The average molecular weight is 241 g/mol. The molecule has 1 atom stereocenters. The quantitative estimate of drug-likeness (QED) is 0.765. The van der Waals surface area contributed by atoms with Gasteiger partial charge in [0.05, 0.1) is 0 Å². The summed E-state index contributed by atoms with van der Waals surface area (Å²) in [4.78, 5) is 0. The van der Waals surface area contributed by atoms with Crippen LogP contribution in [0.4, 0.5) is 4.39 Å². The number of hydrogen-bond acceptors (Lipinski definition) is 2. The van der Waals surface area contributed by atoms with E-state index in [1.807, 2.05) is 30.9 Å². The zero-order valence-corrected chi connectivity index (χ0v) is 11.0. The molecule has 3 heteroatoms. The van der Waals surface area contributed by atoms with E-state index in [0.29, 0.717) is 5.56 Å². The Bertz CT molecular complexity index is 328. The molecule has 1 aromatic rings. The van der Waals surface area contributed by atoms with Gasteiger partial charge < -0.3 is 5.32 Å². The molecule has 0 aliphatic carbocycles. The van der Waals surface area contributed by atoms with Crippen LogP contribution in [0.15, 0.2) is 18.2 Å². The summed E-state index contributed by atoms with van der Waals surface area (Å²) < 4.78 is 13.4. The first kappa shape index (κ1) is 13.5. The van der Waals surface area contributed by atoms with Gasteiger partial charge in [-0.2, -0.15) is 11.8 Å². The van der Waals surface area contributed by atoms with Crippen LogP contribution in [0.1, 0.15) is 30.5 Å². The lowest BCUT2D eigenvalue weighted by molar-refractivity contribution is 0.603. The van der Waals surface area contributed by atoms with Crippen molar-refractivity contribution in [3.63, 3.8) is 0 Å². The molecule has 0 aromatic heterocycles. The van der Waals surface area contributed by atoms with Crippen LogP contribution >= 0.6 is 11.8 Å². The maximum atomic E-state index is 13.4. The molecule has 0 heterocycles. The van der Waals surface area contributed by atoms with Crippen LogP contribution < -0.4 is 5.32 Å². The second kappa shape index (κ2) is 6.92. The average Bonchev–Trinajstić information content (AvgIpc) is 2.29. The van der Waals surface area contributed by atoms with Crippen LogP contribution in [-0.2, 0) is 0 Å². The number of hydrogen-bond donors (Lipinski definition) is 1. The number of rotatable bonds is 6. The molecule has 1 N–H and O–H groups in total. The zero-order valence-electron chi connectivity index (χ0n) is 10.2. The lowest BCUT2D eigenvalue weighted by atomic mass is 10.1. The first-order valence-corrected chi connectivity index (χ1v) is 6.85. The minimum absolute atomic E-state index is 0.113. The van der Waals surface area contributed by atoms with Gasteiger partial charge in [-0.25, -0.2) is 4.39 Å². The van der Waals surface area contributed by atoms with E-state index in [-0.39, 0.29) is 11.9 Å². The van der Waals surface area contributed by atoms with Gasteiger partial charge in [0.2, 0.25) is 0 Å². The van der Waals surface area contributed by atoms with E-state index in [1.165, 1.54) is 6.42 Å². The van der Waals surface area contributed by atoms with Crippen molar-refractivity contribution >= 4 is 11.8 Å². The molecule has 16 heavy (non-hydrogen) atoms. The molecular weight excluding hydrogens is 221 g/mol. The Balaban J connectivity index is 2.67. The molecular formula is C13H20FNS. The molecule has 0 saturated carbocycles. The highest BCUT2D eigenvalue weighted by molar-refractivity contribution is 7.99. The van der Waals surface area contributed by atoms with Gasteiger partial charge >= 0.3 is 0 Å². The Morgan fingerprint density at radius 3 is 2.75 bits per heavy atom. The van der Waals surface area contributed by atoms with E-state index in [0.717, 1.165) is 17.1 Å². The van der Waals surface area contributed by atoms with Crippen LogP contribution in [0.25, 0.3) is 0 Å². The van der Waals surface area contributed by atoms with Crippen molar-refractivity contribution in [3.8, 4) is 0 Å². The van der Waals surface area contributed by atoms with Gasteiger partial charge in [-0.1, -0.05) is 19.1 Å². The van der Waals surface area contributed by atoms with Crippen molar-refractivity contribution in [3.05, 3.63) is 35.1 Å². The maximum Gasteiger partial charge on any atom is 0.126 e. The summed E-state index contributed by atoms with van der Waals surface area (Å²) in [6.07, 6.45) is 1.18. The van der Waals surface area contributed by atoms with Crippen LogP contribution in [0.5, 0.6) is 0 Å². The standard InChI is InChI=1S/C13H20FNS/c1-4-7-16-9-13(15-3)11-6-5-10(2)12(14)8-11/h5-6,8,13,15H,4,7,9H2,1-3H3. The van der Waals surface area contributed by atoms with Crippen molar-refractivity contribution in [2.75, 3.05) is 18.6 Å². The van der Waals surface area contributed by atoms with E-state index in [1.54, 1.807) is 13.0 Å². The predicted molar refractivity (Wildman–Crippen MR) is 70.6 cm³/mol. The Hall–Kier alpha value is -0.540. The minimum atomic E-state index is -0.113. The molecule has 0 bridgehead atoms. The normalized spacial score (nSPS) is 12.8. The SMILES string of the molecule is CCCSCC(NC)c1ccc(C)c(F)c1. The summed E-state index contributed by atoms with van der Waals surface area (Å²) in [5, 5.41) is 3.24. The molecule has 1 rings (SSSR count). The first-order chi connectivity index (χ1) is 7.69. The monoisotopic (exact) mass is 241 g/mol. The summed E-state index contributed by atoms with van der Waals surface area (Å²) in [7, 11) is 1.93. The van der Waals surface area contributed by atoms with Crippen molar-refractivity contribution in [1.82, 2.24) is 5.32 Å². The Kier molecular flexibility index (Phi) is 5.85. The van der Waals surface area contributed by atoms with Crippen molar-refractivity contribution in [2.45, 2.75) is 26.3 Å². The van der Waals surface area contributed by atoms with E-state index in [4.69, 9.17) is 0 Å². The molecule has 1 unspecified atom stereocenters. The van der Waals surface area contributed by atoms with Gasteiger partial charge in [-0.05, 0) is 43.3 Å². The molecule has 0 radical (unpaired) electrons. The second-order valence-electron chi connectivity index (χ2n) is 3.92. The van der Waals surface area contributed by atoms with Crippen LogP contribution in [0.3, 0.4) is 0 Å². The summed E-state index contributed by atoms with van der Waals surface area (Å²) in [5.74, 6) is 2.04. The maximum absolute atomic E-state index is 13.4. The molecule has 0 saturated heterocycles. The zero-order chi connectivity index (χ0) is 12.0. The fourth-order valence-electron chi connectivity index (χ4n) is 1.52. The van der Waals surface area contributed by atoms with Gasteiger partial charge in [0, 0.05) is 11.8 Å². The third kappa shape index (κ3) is 3.80. The Morgan fingerprint density at radius 2 is 2.19 bits per heavy atom. The second-order valence-corrected chi connectivity index (χ2v) is 5.07. The first-order valence-electron chi connectivity index (χ1n) is 5.70. The van der Waals surface area contributed by atoms with Crippen molar-refractivity contribution < 1.29 is 4.39 Å². The van der Waals surface area contributed by atoms with Crippen molar-refractivity contribution in [2.24, 2.45) is 0 Å². The Morgan fingerprint density at radius 1 is 1.44 bits per heavy atom. The smallest absolute Gasteiger partial charge is 0.126 e. The molecule has 1 nitrogen and oxygen atoms in total. The molecule has 0 amide bonds. The highest BCUT2D eigenvalue weighted by Crippen LogP contribution is 2.20. The van der Waals surface area contributed by atoms with E-state index >= 15 is 0 Å². The molecule has 1 aromatic carbocycles. The van der Waals surface area contributed by atoms with Gasteiger partial charge in [0.15, 0.2) is 0 Å². The van der Waals surface area contributed by atoms with E-state index in [9.17, 15) is 4.39 Å². The largest absolute Gasteiger partial charge is 0.312 e. The molecule has 0 fully saturated rings. The third-order valence-electron chi connectivity index (χ3n) is 2.58. The van der Waals surface area contributed by atoms with Crippen LogP contribution in [0, 0.1) is 12.7 Å². The van der Waals surface area contributed by atoms with Gasteiger partial charge in [-0.15, -0.1) is 0 Å². The third-order valence-corrected chi connectivity index (χ3v) is 3.85. The lowest BCUT2D eigenvalue weighted by Gasteiger charge is -2.16. The highest BCUT2D eigenvalue weighted by atomic mass is 32.2.